The van der Waals surface area contributed by atoms with Gasteiger partial charge in [-0.25, -0.2) is 0 Å². The molecule has 4 nitrogen and oxygen atoms in total. The van der Waals surface area contributed by atoms with E-state index in [1.165, 1.54) is 0 Å². The molecule has 0 aliphatic heterocycles. The monoisotopic (exact) mass is 292 g/mol. The smallest absolute Gasteiger partial charge is 0.221 e. The Bertz CT molecular complexity index is 281. The Morgan fingerprint density at radius 1 is 1.42 bits per heavy atom. The zero-order chi connectivity index (χ0) is 13.8. The van der Waals surface area contributed by atoms with Gasteiger partial charge in [0.2, 0.25) is 5.91 Å². The van der Waals surface area contributed by atoms with Gasteiger partial charge in [0.1, 0.15) is 0 Å². The van der Waals surface area contributed by atoms with Crippen molar-refractivity contribution in [3.63, 3.8) is 0 Å². The van der Waals surface area contributed by atoms with Crippen LogP contribution in [-0.4, -0.2) is 30.7 Å². The average Bonchev–Trinajstić information content (AvgIpc) is 2.28. The highest BCUT2D eigenvalue weighted by molar-refractivity contribution is 5.85. The van der Waals surface area contributed by atoms with Crippen LogP contribution < -0.4 is 11.1 Å². The highest BCUT2D eigenvalue weighted by atomic mass is 35.5. The van der Waals surface area contributed by atoms with Gasteiger partial charge in [-0.05, 0) is 33.1 Å². The first kappa shape index (κ1) is 18.7. The lowest BCUT2D eigenvalue weighted by Gasteiger charge is -2.55. The molecule has 1 fully saturated rings. The maximum atomic E-state index is 11.8. The molecule has 0 bridgehead atoms. The van der Waals surface area contributed by atoms with Gasteiger partial charge in [-0.15, -0.1) is 12.4 Å². The third-order valence-corrected chi connectivity index (χ3v) is 4.31. The Labute approximate surface area is 123 Å². The van der Waals surface area contributed by atoms with Crippen molar-refractivity contribution in [3.05, 3.63) is 0 Å². The second-order valence-corrected chi connectivity index (χ2v) is 5.42. The predicted octanol–water partition coefficient (Wildman–Crippen LogP) is 2.25. The summed E-state index contributed by atoms with van der Waals surface area (Å²) in [6, 6.07) is 0.167. The topological polar surface area (TPSA) is 64.3 Å². The predicted molar refractivity (Wildman–Crippen MR) is 80.5 cm³/mol. The van der Waals surface area contributed by atoms with Crippen molar-refractivity contribution in [1.82, 2.24) is 5.32 Å². The minimum absolute atomic E-state index is 0. The number of amides is 1. The van der Waals surface area contributed by atoms with E-state index in [2.05, 4.69) is 19.2 Å². The Hall–Kier alpha value is -0.320. The molecule has 3 atom stereocenters. The first-order valence-electron chi connectivity index (χ1n) is 7.16. The van der Waals surface area contributed by atoms with Gasteiger partial charge in [-0.3, -0.25) is 4.79 Å². The highest BCUT2D eigenvalue weighted by Crippen LogP contribution is 2.48. The molecule has 1 aliphatic rings. The van der Waals surface area contributed by atoms with Gasteiger partial charge in [-0.2, -0.15) is 0 Å². The number of ether oxygens (including phenoxy) is 1. The van der Waals surface area contributed by atoms with Crippen molar-refractivity contribution in [3.8, 4) is 0 Å². The maximum Gasteiger partial charge on any atom is 0.221 e. The molecule has 1 aliphatic carbocycles. The molecule has 114 valence electrons. The van der Waals surface area contributed by atoms with Crippen molar-refractivity contribution in [2.45, 2.75) is 71.6 Å². The second-order valence-electron chi connectivity index (χ2n) is 5.42. The van der Waals surface area contributed by atoms with E-state index in [1.807, 2.05) is 13.8 Å². The molecule has 1 saturated carbocycles. The van der Waals surface area contributed by atoms with E-state index < -0.39 is 0 Å². The number of carbonyl (C=O) groups excluding carboxylic acids is 1. The molecule has 5 heteroatoms. The van der Waals surface area contributed by atoms with Gasteiger partial charge >= 0.3 is 0 Å². The standard InChI is InChI=1S/C14H28N2O2.ClH/c1-5-14(6-2)11(9-12(14)18-7-3)16-13(17)8-10(4)15;/h10-12H,5-9,15H2,1-4H3,(H,16,17);1H. The van der Waals surface area contributed by atoms with Crippen LogP contribution in [0.3, 0.4) is 0 Å². The maximum absolute atomic E-state index is 11.8. The van der Waals surface area contributed by atoms with Gasteiger partial charge in [0, 0.05) is 30.5 Å². The highest BCUT2D eigenvalue weighted by Gasteiger charge is 2.53. The lowest BCUT2D eigenvalue weighted by Crippen LogP contribution is -2.64. The van der Waals surface area contributed by atoms with E-state index in [4.69, 9.17) is 10.5 Å². The van der Waals surface area contributed by atoms with Crippen LogP contribution in [0.1, 0.15) is 53.4 Å². The number of carbonyl (C=O) groups is 1. The van der Waals surface area contributed by atoms with Gasteiger partial charge in [0.15, 0.2) is 0 Å². The van der Waals surface area contributed by atoms with E-state index in [0.717, 1.165) is 25.9 Å². The van der Waals surface area contributed by atoms with Crippen molar-refractivity contribution >= 4 is 18.3 Å². The summed E-state index contributed by atoms with van der Waals surface area (Å²) in [6.45, 7) is 8.99. The van der Waals surface area contributed by atoms with Crippen LogP contribution in [0.25, 0.3) is 0 Å². The van der Waals surface area contributed by atoms with E-state index in [9.17, 15) is 4.79 Å². The quantitative estimate of drug-likeness (QED) is 0.756. The van der Waals surface area contributed by atoms with Gasteiger partial charge in [-0.1, -0.05) is 13.8 Å². The van der Waals surface area contributed by atoms with Crippen molar-refractivity contribution in [2.24, 2.45) is 11.1 Å². The summed E-state index contributed by atoms with van der Waals surface area (Å²) >= 11 is 0. The van der Waals surface area contributed by atoms with E-state index in [-0.39, 0.29) is 41.9 Å². The van der Waals surface area contributed by atoms with Crippen LogP contribution >= 0.6 is 12.4 Å². The summed E-state index contributed by atoms with van der Waals surface area (Å²) in [5.74, 6) is 0.0659. The minimum Gasteiger partial charge on any atom is -0.378 e. The summed E-state index contributed by atoms with van der Waals surface area (Å²) in [5, 5.41) is 3.13. The molecule has 19 heavy (non-hydrogen) atoms. The Balaban J connectivity index is 0.00000324. The Kier molecular flexibility index (Phi) is 7.94. The fourth-order valence-corrected chi connectivity index (χ4v) is 3.13. The SMILES string of the molecule is CCOC1CC(NC(=O)CC(C)N)C1(CC)CC.Cl. The first-order valence-corrected chi connectivity index (χ1v) is 7.16. The van der Waals surface area contributed by atoms with Gasteiger partial charge in [0.05, 0.1) is 6.10 Å². The lowest BCUT2D eigenvalue weighted by molar-refractivity contribution is -0.148. The fraction of sp³-hybridized carbons (Fsp3) is 0.929. The molecular formula is C14H29ClN2O2. The Morgan fingerprint density at radius 3 is 2.42 bits per heavy atom. The lowest BCUT2D eigenvalue weighted by atomic mass is 9.58. The number of nitrogens with two attached hydrogens (primary N) is 1. The molecule has 0 heterocycles. The van der Waals surface area contributed by atoms with Crippen molar-refractivity contribution in [2.75, 3.05) is 6.61 Å². The molecule has 1 rings (SSSR count). The largest absolute Gasteiger partial charge is 0.378 e. The molecular weight excluding hydrogens is 264 g/mol. The molecule has 0 aromatic rings. The third kappa shape index (κ3) is 4.07. The minimum atomic E-state index is -0.0783. The Morgan fingerprint density at radius 2 is 2.00 bits per heavy atom. The number of halogens is 1. The molecule has 3 unspecified atom stereocenters. The molecule has 0 aromatic carbocycles. The number of rotatable bonds is 7. The van der Waals surface area contributed by atoms with Crippen molar-refractivity contribution < 1.29 is 9.53 Å². The van der Waals surface area contributed by atoms with Crippen LogP contribution in [0.4, 0.5) is 0 Å². The molecule has 0 spiro atoms. The summed E-state index contributed by atoms with van der Waals surface area (Å²) < 4.78 is 5.79. The van der Waals surface area contributed by atoms with Crippen molar-refractivity contribution in [1.29, 1.82) is 0 Å². The first-order chi connectivity index (χ1) is 8.50. The normalized spacial score (nSPS) is 25.9. The summed E-state index contributed by atoms with van der Waals surface area (Å²) in [7, 11) is 0. The molecule has 0 saturated heterocycles. The third-order valence-electron chi connectivity index (χ3n) is 4.31. The van der Waals surface area contributed by atoms with E-state index >= 15 is 0 Å². The second kappa shape index (κ2) is 8.08. The molecule has 3 N–H and O–H groups in total. The number of hydrogen-bond donors (Lipinski definition) is 2. The van der Waals surface area contributed by atoms with Crippen LogP contribution in [-0.2, 0) is 9.53 Å². The molecule has 1 amide bonds. The van der Waals surface area contributed by atoms with Crippen LogP contribution in [0.2, 0.25) is 0 Å². The summed E-state index contributed by atoms with van der Waals surface area (Å²) in [4.78, 5) is 11.8. The zero-order valence-corrected chi connectivity index (χ0v) is 13.4. The molecule has 0 radical (unpaired) electrons. The number of hydrogen-bond acceptors (Lipinski definition) is 3. The summed E-state index contributed by atoms with van der Waals surface area (Å²) in [6.07, 6.45) is 3.70. The van der Waals surface area contributed by atoms with Crippen LogP contribution in [0.15, 0.2) is 0 Å². The summed E-state index contributed by atoms with van der Waals surface area (Å²) in [5.41, 5.74) is 5.77. The van der Waals surface area contributed by atoms with E-state index in [1.54, 1.807) is 0 Å². The van der Waals surface area contributed by atoms with E-state index in [0.29, 0.717) is 6.42 Å². The van der Waals surface area contributed by atoms with Gasteiger partial charge in [0.25, 0.3) is 0 Å². The van der Waals surface area contributed by atoms with Crippen LogP contribution in [0.5, 0.6) is 0 Å². The molecule has 0 aromatic heterocycles. The average molecular weight is 293 g/mol. The number of nitrogens with one attached hydrogen (secondary N) is 1. The zero-order valence-electron chi connectivity index (χ0n) is 12.6. The van der Waals surface area contributed by atoms with Gasteiger partial charge < -0.3 is 15.8 Å². The fourth-order valence-electron chi connectivity index (χ4n) is 3.13. The van der Waals surface area contributed by atoms with Crippen LogP contribution in [0, 0.1) is 5.41 Å².